The van der Waals surface area contributed by atoms with Gasteiger partial charge in [0.1, 0.15) is 11.5 Å². The summed E-state index contributed by atoms with van der Waals surface area (Å²) in [6, 6.07) is 4.29. The fourth-order valence-corrected chi connectivity index (χ4v) is 1.55. The minimum Gasteiger partial charge on any atom is -0.433 e. The predicted molar refractivity (Wildman–Crippen MR) is 60.4 cm³/mol. The molecule has 1 atom stereocenters. The number of carbonyl (C=O) groups excluding carboxylic acids is 1. The molecule has 0 saturated heterocycles. The van der Waals surface area contributed by atoms with Gasteiger partial charge in [-0.25, -0.2) is 0 Å². The SMILES string of the molecule is CC(=O)C(Br)c1ccc(Cl)c(OC(F)F)c1. The highest BCUT2D eigenvalue weighted by Crippen LogP contribution is 2.32. The third kappa shape index (κ3) is 3.42. The molecule has 88 valence electrons. The van der Waals surface area contributed by atoms with Crippen LogP contribution in [0.1, 0.15) is 17.3 Å². The van der Waals surface area contributed by atoms with E-state index < -0.39 is 11.4 Å². The van der Waals surface area contributed by atoms with Crippen molar-refractivity contribution in [3.8, 4) is 5.75 Å². The zero-order valence-corrected chi connectivity index (χ0v) is 10.6. The van der Waals surface area contributed by atoms with Gasteiger partial charge < -0.3 is 4.74 Å². The number of rotatable bonds is 4. The topological polar surface area (TPSA) is 26.3 Å². The summed E-state index contributed by atoms with van der Waals surface area (Å²) >= 11 is 8.81. The van der Waals surface area contributed by atoms with Crippen LogP contribution < -0.4 is 4.74 Å². The number of halogens is 4. The second-order valence-corrected chi connectivity index (χ2v) is 4.36. The van der Waals surface area contributed by atoms with Gasteiger partial charge >= 0.3 is 6.61 Å². The van der Waals surface area contributed by atoms with Gasteiger partial charge in [0.2, 0.25) is 0 Å². The predicted octanol–water partition coefficient (Wildman–Crippen LogP) is 3.97. The summed E-state index contributed by atoms with van der Waals surface area (Å²) in [4.78, 5) is 10.5. The number of alkyl halides is 3. The molecule has 1 unspecified atom stereocenters. The van der Waals surface area contributed by atoms with E-state index in [4.69, 9.17) is 11.6 Å². The highest BCUT2D eigenvalue weighted by Gasteiger charge is 2.16. The molecule has 0 bridgehead atoms. The third-order valence-corrected chi connectivity index (χ3v) is 3.31. The van der Waals surface area contributed by atoms with Gasteiger partial charge in [0.25, 0.3) is 0 Å². The lowest BCUT2D eigenvalue weighted by Crippen LogP contribution is -2.05. The molecular weight excluding hydrogens is 305 g/mol. The first-order chi connectivity index (χ1) is 7.41. The standard InChI is InChI=1S/C10H8BrClF2O2/c1-5(15)9(11)6-2-3-7(12)8(4-6)16-10(13)14/h2-4,9-10H,1H3. The van der Waals surface area contributed by atoms with Crippen molar-refractivity contribution in [1.29, 1.82) is 0 Å². The van der Waals surface area contributed by atoms with Gasteiger partial charge in [0.15, 0.2) is 0 Å². The molecule has 0 radical (unpaired) electrons. The van der Waals surface area contributed by atoms with Gasteiger partial charge in [-0.15, -0.1) is 0 Å². The maximum Gasteiger partial charge on any atom is 0.387 e. The zero-order chi connectivity index (χ0) is 12.3. The lowest BCUT2D eigenvalue weighted by molar-refractivity contribution is -0.116. The molecule has 1 aromatic rings. The van der Waals surface area contributed by atoms with E-state index in [0.29, 0.717) is 5.56 Å². The van der Waals surface area contributed by atoms with Crippen molar-refractivity contribution < 1.29 is 18.3 Å². The van der Waals surface area contributed by atoms with Crippen LogP contribution in [-0.4, -0.2) is 12.4 Å². The van der Waals surface area contributed by atoms with E-state index in [-0.39, 0.29) is 16.6 Å². The highest BCUT2D eigenvalue weighted by molar-refractivity contribution is 9.09. The summed E-state index contributed by atoms with van der Waals surface area (Å²) in [5.41, 5.74) is 0.521. The van der Waals surface area contributed by atoms with Crippen molar-refractivity contribution in [3.63, 3.8) is 0 Å². The van der Waals surface area contributed by atoms with Crippen LogP contribution in [0.3, 0.4) is 0 Å². The second-order valence-electron chi connectivity index (χ2n) is 3.04. The Balaban J connectivity index is 3.02. The largest absolute Gasteiger partial charge is 0.433 e. The summed E-state index contributed by atoms with van der Waals surface area (Å²) in [5.74, 6) is -0.273. The van der Waals surface area contributed by atoms with Crippen molar-refractivity contribution in [2.45, 2.75) is 18.4 Å². The molecule has 2 nitrogen and oxygen atoms in total. The van der Waals surface area contributed by atoms with E-state index in [1.54, 1.807) is 6.07 Å². The number of hydrogen-bond acceptors (Lipinski definition) is 2. The summed E-state index contributed by atoms with van der Waals surface area (Å²) in [6.07, 6.45) is 0. The quantitative estimate of drug-likeness (QED) is 0.786. The maximum absolute atomic E-state index is 12.0. The lowest BCUT2D eigenvalue weighted by atomic mass is 10.1. The van der Waals surface area contributed by atoms with E-state index in [9.17, 15) is 13.6 Å². The molecule has 0 fully saturated rings. The van der Waals surface area contributed by atoms with Crippen LogP contribution in [0.5, 0.6) is 5.75 Å². The number of hydrogen-bond donors (Lipinski definition) is 0. The average Bonchev–Trinajstić information content (AvgIpc) is 2.19. The summed E-state index contributed by atoms with van der Waals surface area (Å²) in [7, 11) is 0. The Bertz CT molecular complexity index is 398. The van der Waals surface area contributed by atoms with Crippen LogP contribution >= 0.6 is 27.5 Å². The summed E-state index contributed by atoms with van der Waals surface area (Å²) < 4.78 is 28.3. The van der Waals surface area contributed by atoms with Crippen molar-refractivity contribution in [3.05, 3.63) is 28.8 Å². The van der Waals surface area contributed by atoms with Crippen LogP contribution in [0.15, 0.2) is 18.2 Å². The summed E-state index contributed by atoms with van der Waals surface area (Å²) in [6.45, 7) is -1.55. The van der Waals surface area contributed by atoms with Crippen molar-refractivity contribution in [1.82, 2.24) is 0 Å². The van der Waals surface area contributed by atoms with Crippen LogP contribution in [0.4, 0.5) is 8.78 Å². The van der Waals surface area contributed by atoms with E-state index >= 15 is 0 Å². The molecule has 16 heavy (non-hydrogen) atoms. The first-order valence-corrected chi connectivity index (χ1v) is 5.60. The number of benzene rings is 1. The van der Waals surface area contributed by atoms with Crippen molar-refractivity contribution in [2.75, 3.05) is 0 Å². The molecule has 6 heteroatoms. The number of carbonyl (C=O) groups is 1. The Morgan fingerprint density at radius 1 is 1.50 bits per heavy atom. The molecule has 0 saturated carbocycles. The lowest BCUT2D eigenvalue weighted by Gasteiger charge is -2.11. The van der Waals surface area contributed by atoms with Crippen LogP contribution in [0, 0.1) is 0 Å². The first kappa shape index (κ1) is 13.4. The van der Waals surface area contributed by atoms with Crippen LogP contribution in [0.25, 0.3) is 0 Å². The van der Waals surface area contributed by atoms with Gasteiger partial charge in [-0.1, -0.05) is 33.6 Å². The zero-order valence-electron chi connectivity index (χ0n) is 8.22. The second kappa shape index (κ2) is 5.59. The Labute approximate surface area is 105 Å². The van der Waals surface area contributed by atoms with Gasteiger partial charge in [-0.2, -0.15) is 8.78 Å². The van der Waals surface area contributed by atoms with E-state index in [1.807, 2.05) is 0 Å². The molecule has 0 spiro atoms. The normalized spacial score (nSPS) is 12.6. The number of ether oxygens (including phenoxy) is 1. The molecule has 0 aromatic heterocycles. The fourth-order valence-electron chi connectivity index (χ4n) is 1.10. The van der Waals surface area contributed by atoms with Gasteiger partial charge in [0, 0.05) is 0 Å². The van der Waals surface area contributed by atoms with Crippen molar-refractivity contribution in [2.24, 2.45) is 0 Å². The fraction of sp³-hybridized carbons (Fsp3) is 0.300. The van der Waals surface area contributed by atoms with Gasteiger partial charge in [0.05, 0.1) is 9.85 Å². The minimum atomic E-state index is -2.95. The molecule has 0 N–H and O–H groups in total. The minimum absolute atomic E-state index is 0.0762. The number of Topliss-reactive ketones (excluding diaryl/α,β-unsaturated/α-hetero) is 1. The molecule has 0 aliphatic rings. The molecule has 1 aromatic carbocycles. The molecule has 0 aliphatic heterocycles. The molecule has 0 aliphatic carbocycles. The average molecular weight is 314 g/mol. The maximum atomic E-state index is 12.0. The smallest absolute Gasteiger partial charge is 0.387 e. The Kier molecular flexibility index (Phi) is 4.68. The van der Waals surface area contributed by atoms with Crippen LogP contribution in [0.2, 0.25) is 5.02 Å². The van der Waals surface area contributed by atoms with Crippen molar-refractivity contribution >= 4 is 33.3 Å². The molecular formula is C10H8BrClF2O2. The molecule has 0 heterocycles. The van der Waals surface area contributed by atoms with E-state index in [0.717, 1.165) is 0 Å². The highest BCUT2D eigenvalue weighted by atomic mass is 79.9. The van der Waals surface area contributed by atoms with E-state index in [2.05, 4.69) is 20.7 Å². The number of ketones is 1. The molecule has 1 rings (SSSR count). The molecule has 0 amide bonds. The Morgan fingerprint density at radius 2 is 2.12 bits per heavy atom. The first-order valence-electron chi connectivity index (χ1n) is 4.30. The monoisotopic (exact) mass is 312 g/mol. The van der Waals surface area contributed by atoms with Gasteiger partial charge in [-0.3, -0.25) is 4.79 Å². The Hall–Kier alpha value is -0.680. The Morgan fingerprint density at radius 3 is 2.62 bits per heavy atom. The summed E-state index contributed by atoms with van der Waals surface area (Å²) in [5, 5.41) is 0.0762. The third-order valence-electron chi connectivity index (χ3n) is 1.82. The van der Waals surface area contributed by atoms with E-state index in [1.165, 1.54) is 19.1 Å². The van der Waals surface area contributed by atoms with Gasteiger partial charge in [-0.05, 0) is 24.6 Å². The van der Waals surface area contributed by atoms with Crippen LogP contribution in [-0.2, 0) is 4.79 Å².